The van der Waals surface area contributed by atoms with E-state index in [9.17, 15) is 4.79 Å². The first-order valence-corrected chi connectivity index (χ1v) is 4.74. The van der Waals surface area contributed by atoms with Crippen LogP contribution in [-0.2, 0) is 4.79 Å². The number of hydrogen-bond donors (Lipinski definition) is 1. The van der Waals surface area contributed by atoms with Gasteiger partial charge in [0, 0.05) is 0 Å². The number of rotatable bonds is 2. The number of hydrogen-bond acceptors (Lipinski definition) is 1. The fourth-order valence-electron chi connectivity index (χ4n) is 0.788. The van der Waals surface area contributed by atoms with Gasteiger partial charge in [0.15, 0.2) is 0 Å². The molecule has 0 saturated heterocycles. The van der Waals surface area contributed by atoms with Crippen molar-refractivity contribution in [1.29, 1.82) is 0 Å². The summed E-state index contributed by atoms with van der Waals surface area (Å²) in [5.41, 5.74) is 0.743. The molecule has 0 saturated carbocycles. The molecule has 1 rings (SSSR count). The van der Waals surface area contributed by atoms with E-state index in [0.29, 0.717) is 5.02 Å². The van der Waals surface area contributed by atoms with Crippen molar-refractivity contribution in [3.63, 3.8) is 0 Å². The van der Waals surface area contributed by atoms with Gasteiger partial charge in [-0.15, -0.1) is 0 Å². The molecule has 64 valence electrons. The van der Waals surface area contributed by atoms with Crippen LogP contribution in [0.15, 0.2) is 24.3 Å². The average Bonchev–Trinajstić information content (AvgIpc) is 2.04. The molecule has 0 fully saturated rings. The number of aliphatic carboxylic acids is 1. The van der Waals surface area contributed by atoms with Crippen molar-refractivity contribution in [1.82, 2.24) is 0 Å². The molecule has 1 atom stereocenters. The Hall–Kier alpha value is -0.501. The molecular formula is C8H7ClO2Se. The van der Waals surface area contributed by atoms with Gasteiger partial charge in [0.2, 0.25) is 0 Å². The van der Waals surface area contributed by atoms with Crippen molar-refractivity contribution < 1.29 is 9.90 Å². The number of carbonyl (C=O) groups is 1. The summed E-state index contributed by atoms with van der Waals surface area (Å²) in [4.78, 5) is 10.0. The minimum absolute atomic E-state index is 0.533. The van der Waals surface area contributed by atoms with Crippen LogP contribution in [0.2, 0.25) is 5.02 Å². The standard InChI is InChI=1S/C8H7ClO2Se/c9-6-3-1-5(2-4-6)7(12)8(10)11/h1-4,7,12H,(H,10,11). The van der Waals surface area contributed by atoms with Crippen LogP contribution in [0.5, 0.6) is 0 Å². The molecule has 1 N–H and O–H groups in total. The molecule has 1 unspecified atom stereocenters. The van der Waals surface area contributed by atoms with E-state index in [-0.39, 0.29) is 0 Å². The van der Waals surface area contributed by atoms with Crippen molar-refractivity contribution in [2.75, 3.05) is 0 Å². The molecule has 0 aromatic heterocycles. The molecule has 1 aromatic carbocycles. The zero-order valence-corrected chi connectivity index (χ0v) is 8.70. The van der Waals surface area contributed by atoms with E-state index in [0.717, 1.165) is 5.56 Å². The second kappa shape index (κ2) is 3.94. The van der Waals surface area contributed by atoms with Gasteiger partial charge in [0.25, 0.3) is 0 Å². The predicted octanol–water partition coefficient (Wildman–Crippen LogP) is 1.37. The number of benzene rings is 1. The Morgan fingerprint density at radius 2 is 1.92 bits per heavy atom. The van der Waals surface area contributed by atoms with E-state index in [1.165, 1.54) is 0 Å². The number of carboxylic acid groups (broad SMARTS) is 1. The van der Waals surface area contributed by atoms with Crippen LogP contribution in [0.3, 0.4) is 0 Å². The van der Waals surface area contributed by atoms with Gasteiger partial charge in [0.05, 0.1) is 0 Å². The van der Waals surface area contributed by atoms with E-state index in [4.69, 9.17) is 16.7 Å². The number of halogens is 1. The molecule has 0 aliphatic rings. The predicted molar refractivity (Wildman–Crippen MR) is 49.0 cm³/mol. The second-order valence-electron chi connectivity index (χ2n) is 2.29. The Balaban J connectivity index is 2.89. The first-order valence-electron chi connectivity index (χ1n) is 3.27. The van der Waals surface area contributed by atoms with Gasteiger partial charge < -0.3 is 0 Å². The second-order valence-corrected chi connectivity index (χ2v) is 3.81. The van der Waals surface area contributed by atoms with Gasteiger partial charge in [-0.25, -0.2) is 0 Å². The summed E-state index contributed by atoms with van der Waals surface area (Å²) < 4.78 is 0. The molecule has 4 heteroatoms. The van der Waals surface area contributed by atoms with Crippen LogP contribution in [-0.4, -0.2) is 27.1 Å². The molecule has 0 amide bonds. The van der Waals surface area contributed by atoms with Crippen LogP contribution in [0, 0.1) is 0 Å². The fourth-order valence-corrected chi connectivity index (χ4v) is 1.27. The summed E-state index contributed by atoms with van der Waals surface area (Å²) >= 11 is 7.75. The molecular weight excluding hydrogens is 242 g/mol. The third-order valence-corrected chi connectivity index (χ3v) is 2.76. The monoisotopic (exact) mass is 250 g/mol. The Morgan fingerprint density at radius 3 is 2.33 bits per heavy atom. The van der Waals surface area contributed by atoms with Gasteiger partial charge in [-0.2, -0.15) is 0 Å². The molecule has 0 radical (unpaired) electrons. The van der Waals surface area contributed by atoms with E-state index in [2.05, 4.69) is 16.0 Å². The Labute approximate surface area is 83.4 Å². The zero-order chi connectivity index (χ0) is 9.14. The summed E-state index contributed by atoms with van der Waals surface area (Å²) in [5.74, 6) is -0.850. The Bertz CT molecular complexity index is 284. The van der Waals surface area contributed by atoms with E-state index < -0.39 is 10.8 Å². The molecule has 12 heavy (non-hydrogen) atoms. The van der Waals surface area contributed by atoms with Crippen molar-refractivity contribution in [3.8, 4) is 0 Å². The first kappa shape index (κ1) is 9.59. The fraction of sp³-hybridized carbons (Fsp3) is 0.125. The third kappa shape index (κ3) is 2.24. The normalized spacial score (nSPS) is 12.5. The van der Waals surface area contributed by atoms with E-state index in [1.54, 1.807) is 24.3 Å². The minimum atomic E-state index is -0.850. The third-order valence-electron chi connectivity index (χ3n) is 1.42. The van der Waals surface area contributed by atoms with Gasteiger partial charge in [0.1, 0.15) is 0 Å². The molecule has 0 aliphatic carbocycles. The Morgan fingerprint density at radius 1 is 1.42 bits per heavy atom. The van der Waals surface area contributed by atoms with Gasteiger partial charge in [-0.1, -0.05) is 0 Å². The van der Waals surface area contributed by atoms with Gasteiger partial charge >= 0.3 is 83.2 Å². The summed E-state index contributed by atoms with van der Waals surface area (Å²) in [6.45, 7) is 0. The molecule has 0 heterocycles. The van der Waals surface area contributed by atoms with Crippen molar-refractivity contribution >= 4 is 33.6 Å². The first-order chi connectivity index (χ1) is 5.61. The molecule has 1 aromatic rings. The van der Waals surface area contributed by atoms with Crippen LogP contribution in [0.25, 0.3) is 0 Å². The zero-order valence-electron chi connectivity index (χ0n) is 6.07. The molecule has 0 bridgehead atoms. The van der Waals surface area contributed by atoms with Gasteiger partial charge in [-0.05, 0) is 0 Å². The van der Waals surface area contributed by atoms with E-state index in [1.807, 2.05) is 0 Å². The van der Waals surface area contributed by atoms with Crippen LogP contribution in [0.4, 0.5) is 0 Å². The Kier molecular flexibility index (Phi) is 3.15. The average molecular weight is 250 g/mol. The quantitative estimate of drug-likeness (QED) is 0.804. The topological polar surface area (TPSA) is 37.3 Å². The summed E-state index contributed by atoms with van der Waals surface area (Å²) in [6.07, 6.45) is 0. The summed E-state index contributed by atoms with van der Waals surface area (Å²) in [5, 5.41) is 9.27. The van der Waals surface area contributed by atoms with Gasteiger partial charge in [-0.3, -0.25) is 0 Å². The molecule has 0 aliphatic heterocycles. The van der Waals surface area contributed by atoms with E-state index >= 15 is 0 Å². The maximum atomic E-state index is 10.5. The van der Waals surface area contributed by atoms with Crippen LogP contribution in [0.1, 0.15) is 10.4 Å². The molecule has 0 spiro atoms. The summed E-state index contributed by atoms with van der Waals surface area (Å²) in [6, 6.07) is 6.78. The van der Waals surface area contributed by atoms with Crippen molar-refractivity contribution in [3.05, 3.63) is 34.9 Å². The maximum absolute atomic E-state index is 10.5. The van der Waals surface area contributed by atoms with Crippen LogP contribution >= 0.6 is 11.6 Å². The van der Waals surface area contributed by atoms with Crippen molar-refractivity contribution in [2.24, 2.45) is 0 Å². The summed E-state index contributed by atoms with van der Waals surface area (Å²) in [7, 11) is 0. The SMILES string of the molecule is O=C(O)C([SeH])c1ccc(Cl)cc1. The number of carboxylic acids is 1. The van der Waals surface area contributed by atoms with Crippen LogP contribution < -0.4 is 0 Å². The molecule has 2 nitrogen and oxygen atoms in total. The van der Waals surface area contributed by atoms with Crippen molar-refractivity contribution in [2.45, 2.75) is 4.82 Å².